The third-order valence-corrected chi connectivity index (χ3v) is 4.31. The van der Waals surface area contributed by atoms with Crippen molar-refractivity contribution in [2.24, 2.45) is 0 Å². The van der Waals surface area contributed by atoms with E-state index in [-0.39, 0.29) is 5.78 Å². The van der Waals surface area contributed by atoms with Crippen molar-refractivity contribution in [1.29, 1.82) is 0 Å². The molecule has 0 fully saturated rings. The Morgan fingerprint density at radius 2 is 2.24 bits per heavy atom. The van der Waals surface area contributed by atoms with E-state index in [1.165, 1.54) is 16.6 Å². The number of carbonyl (C=O) groups excluding carboxylic acids is 1. The van der Waals surface area contributed by atoms with Crippen LogP contribution in [0.25, 0.3) is 0 Å². The first-order chi connectivity index (χ1) is 8.15. The normalized spacial score (nSPS) is 10.5. The molecular formula is C13H11ClOS2. The van der Waals surface area contributed by atoms with E-state index < -0.39 is 0 Å². The van der Waals surface area contributed by atoms with Gasteiger partial charge in [0.25, 0.3) is 0 Å². The molecule has 2 aromatic rings. The van der Waals surface area contributed by atoms with Gasteiger partial charge in [0.05, 0.1) is 5.75 Å². The summed E-state index contributed by atoms with van der Waals surface area (Å²) in [4.78, 5) is 14.1. The minimum absolute atomic E-state index is 0.166. The molecular weight excluding hydrogens is 272 g/mol. The zero-order valence-electron chi connectivity index (χ0n) is 9.27. The molecule has 1 heterocycles. The van der Waals surface area contributed by atoms with Crippen molar-refractivity contribution in [2.45, 2.75) is 11.8 Å². The van der Waals surface area contributed by atoms with Gasteiger partial charge in [-0.05, 0) is 31.2 Å². The van der Waals surface area contributed by atoms with E-state index in [9.17, 15) is 4.79 Å². The lowest BCUT2D eigenvalue weighted by molar-refractivity contribution is 0.102. The molecule has 0 aliphatic carbocycles. The Morgan fingerprint density at radius 1 is 1.41 bits per heavy atom. The maximum absolute atomic E-state index is 11.9. The first-order valence-electron chi connectivity index (χ1n) is 5.12. The maximum atomic E-state index is 11.9. The zero-order valence-corrected chi connectivity index (χ0v) is 11.7. The molecule has 88 valence electrons. The van der Waals surface area contributed by atoms with Crippen molar-refractivity contribution in [2.75, 3.05) is 5.75 Å². The van der Waals surface area contributed by atoms with Crippen LogP contribution in [0.15, 0.2) is 40.6 Å². The van der Waals surface area contributed by atoms with E-state index in [0.29, 0.717) is 10.8 Å². The van der Waals surface area contributed by atoms with Crippen LogP contribution in [-0.2, 0) is 0 Å². The van der Waals surface area contributed by atoms with Crippen molar-refractivity contribution < 1.29 is 4.79 Å². The number of carbonyl (C=O) groups is 1. The molecule has 0 amide bonds. The summed E-state index contributed by atoms with van der Waals surface area (Å²) in [6.07, 6.45) is 0. The van der Waals surface area contributed by atoms with Crippen LogP contribution in [0.1, 0.15) is 15.2 Å². The Bertz CT molecular complexity index is 534. The number of rotatable bonds is 4. The Labute approximate surface area is 114 Å². The van der Waals surface area contributed by atoms with Gasteiger partial charge in [-0.25, -0.2) is 0 Å². The van der Waals surface area contributed by atoms with Crippen LogP contribution >= 0.6 is 34.7 Å². The Morgan fingerprint density at radius 3 is 2.88 bits per heavy atom. The molecule has 0 saturated heterocycles. The van der Waals surface area contributed by atoms with Crippen LogP contribution in [-0.4, -0.2) is 11.5 Å². The van der Waals surface area contributed by atoms with Gasteiger partial charge in [0.15, 0.2) is 5.78 Å². The lowest BCUT2D eigenvalue weighted by atomic mass is 10.2. The third-order valence-electron chi connectivity index (χ3n) is 2.22. The quantitative estimate of drug-likeness (QED) is 0.598. The highest BCUT2D eigenvalue weighted by molar-refractivity contribution is 8.00. The largest absolute Gasteiger partial charge is 0.293 e. The van der Waals surface area contributed by atoms with Crippen LogP contribution in [0.3, 0.4) is 0 Å². The molecule has 4 heteroatoms. The van der Waals surface area contributed by atoms with E-state index in [4.69, 9.17) is 11.6 Å². The maximum Gasteiger partial charge on any atom is 0.173 e. The summed E-state index contributed by atoms with van der Waals surface area (Å²) < 4.78 is 0. The summed E-state index contributed by atoms with van der Waals surface area (Å²) in [5.41, 5.74) is 0.807. The first kappa shape index (κ1) is 12.7. The van der Waals surface area contributed by atoms with Crippen molar-refractivity contribution >= 4 is 40.5 Å². The molecule has 1 aromatic heterocycles. The summed E-state index contributed by atoms with van der Waals surface area (Å²) in [5.74, 6) is 0.621. The van der Waals surface area contributed by atoms with E-state index >= 15 is 0 Å². The second-order valence-electron chi connectivity index (χ2n) is 3.62. The van der Waals surface area contributed by atoms with Gasteiger partial charge in [0, 0.05) is 25.7 Å². The Kier molecular flexibility index (Phi) is 4.26. The minimum Gasteiger partial charge on any atom is -0.293 e. The monoisotopic (exact) mass is 282 g/mol. The molecule has 17 heavy (non-hydrogen) atoms. The van der Waals surface area contributed by atoms with Gasteiger partial charge in [0.1, 0.15) is 0 Å². The lowest BCUT2D eigenvalue weighted by Crippen LogP contribution is -2.00. The molecule has 0 aliphatic rings. The molecule has 0 atom stereocenters. The average molecular weight is 283 g/mol. The number of hydrogen-bond donors (Lipinski definition) is 0. The Balaban J connectivity index is 1.97. The Hall–Kier alpha value is -0.770. The number of hydrogen-bond acceptors (Lipinski definition) is 3. The average Bonchev–Trinajstić information content (AvgIpc) is 2.73. The van der Waals surface area contributed by atoms with Crippen molar-refractivity contribution in [3.63, 3.8) is 0 Å². The highest BCUT2D eigenvalue weighted by atomic mass is 35.5. The second kappa shape index (κ2) is 5.71. The minimum atomic E-state index is 0.166. The summed E-state index contributed by atoms with van der Waals surface area (Å²) in [5, 5.41) is 2.62. The van der Waals surface area contributed by atoms with E-state index in [0.717, 1.165) is 10.5 Å². The second-order valence-corrected chi connectivity index (χ2v) is 6.22. The van der Waals surface area contributed by atoms with Crippen LogP contribution < -0.4 is 0 Å². The number of thiophene rings is 1. The van der Waals surface area contributed by atoms with Gasteiger partial charge in [-0.15, -0.1) is 23.1 Å². The number of halogens is 1. The summed E-state index contributed by atoms with van der Waals surface area (Å²) in [7, 11) is 0. The van der Waals surface area contributed by atoms with E-state index in [1.54, 1.807) is 11.3 Å². The van der Waals surface area contributed by atoms with Crippen LogP contribution in [0.5, 0.6) is 0 Å². The topological polar surface area (TPSA) is 17.1 Å². The zero-order chi connectivity index (χ0) is 12.3. The van der Waals surface area contributed by atoms with Crippen molar-refractivity contribution in [3.05, 3.63) is 51.2 Å². The van der Waals surface area contributed by atoms with Crippen LogP contribution in [0, 0.1) is 6.92 Å². The van der Waals surface area contributed by atoms with Crippen LogP contribution in [0.4, 0.5) is 0 Å². The number of thioether (sulfide) groups is 1. The van der Waals surface area contributed by atoms with E-state index in [1.807, 2.05) is 42.6 Å². The molecule has 0 unspecified atom stereocenters. The van der Waals surface area contributed by atoms with Gasteiger partial charge in [-0.3, -0.25) is 4.79 Å². The highest BCUT2D eigenvalue weighted by Crippen LogP contribution is 2.23. The fourth-order valence-electron chi connectivity index (χ4n) is 1.38. The summed E-state index contributed by atoms with van der Waals surface area (Å²) in [6.45, 7) is 2.01. The molecule has 0 radical (unpaired) electrons. The number of benzene rings is 1. The summed E-state index contributed by atoms with van der Waals surface area (Å²) >= 11 is 9.01. The van der Waals surface area contributed by atoms with E-state index in [2.05, 4.69) is 0 Å². The summed E-state index contributed by atoms with van der Waals surface area (Å²) in [6, 6.07) is 9.49. The van der Waals surface area contributed by atoms with Gasteiger partial charge >= 0.3 is 0 Å². The molecule has 0 aliphatic heterocycles. The SMILES string of the molecule is Cc1cc(C(=O)CSc2cccc(Cl)c2)cs1. The molecule has 1 nitrogen and oxygen atoms in total. The fourth-order valence-corrected chi connectivity index (χ4v) is 3.19. The predicted octanol–water partition coefficient (Wildman–Crippen LogP) is 4.68. The standard InChI is InChI=1S/C13H11ClOS2/c1-9-5-10(7-16-9)13(15)8-17-12-4-2-3-11(14)6-12/h2-7H,8H2,1H3. The fraction of sp³-hybridized carbons (Fsp3) is 0.154. The van der Waals surface area contributed by atoms with Crippen molar-refractivity contribution in [1.82, 2.24) is 0 Å². The van der Waals surface area contributed by atoms with Gasteiger partial charge < -0.3 is 0 Å². The smallest absolute Gasteiger partial charge is 0.173 e. The lowest BCUT2D eigenvalue weighted by Gasteiger charge is -2.00. The highest BCUT2D eigenvalue weighted by Gasteiger charge is 2.08. The van der Waals surface area contributed by atoms with Gasteiger partial charge in [-0.2, -0.15) is 0 Å². The number of Topliss-reactive ketones (excluding diaryl/α,β-unsaturated/α-hetero) is 1. The van der Waals surface area contributed by atoms with Gasteiger partial charge in [0.2, 0.25) is 0 Å². The third kappa shape index (κ3) is 3.60. The molecule has 0 N–H and O–H groups in total. The molecule has 0 bridgehead atoms. The van der Waals surface area contributed by atoms with Crippen molar-refractivity contribution in [3.8, 4) is 0 Å². The molecule has 1 aromatic carbocycles. The number of ketones is 1. The molecule has 2 rings (SSSR count). The molecule has 0 saturated carbocycles. The molecule has 0 spiro atoms. The van der Waals surface area contributed by atoms with Gasteiger partial charge in [-0.1, -0.05) is 17.7 Å². The van der Waals surface area contributed by atoms with Crippen LogP contribution in [0.2, 0.25) is 5.02 Å². The first-order valence-corrected chi connectivity index (χ1v) is 7.36. The number of aryl methyl sites for hydroxylation is 1. The predicted molar refractivity (Wildman–Crippen MR) is 75.6 cm³/mol.